The molecule has 0 aromatic heterocycles. The maximum Gasteiger partial charge on any atom is 0.319 e. The molecule has 3 N–H and O–H groups in total. The molecular formula is C17H17Cl2N3O2. The van der Waals surface area contributed by atoms with E-state index in [2.05, 4.69) is 16.0 Å². The second kappa shape index (κ2) is 8.04. The maximum absolute atomic E-state index is 12.2. The number of urea groups is 1. The Morgan fingerprint density at radius 3 is 2.04 bits per heavy atom. The maximum atomic E-state index is 12.2. The molecule has 0 fully saturated rings. The van der Waals surface area contributed by atoms with Gasteiger partial charge in [0.1, 0.15) is 0 Å². The van der Waals surface area contributed by atoms with Crippen LogP contribution in [0.4, 0.5) is 16.2 Å². The van der Waals surface area contributed by atoms with Gasteiger partial charge in [-0.1, -0.05) is 23.2 Å². The third kappa shape index (κ3) is 5.15. The van der Waals surface area contributed by atoms with Gasteiger partial charge in [-0.15, -0.1) is 0 Å². The second-order valence-corrected chi connectivity index (χ2v) is 6.25. The van der Waals surface area contributed by atoms with Gasteiger partial charge < -0.3 is 16.0 Å². The number of benzene rings is 2. The summed E-state index contributed by atoms with van der Waals surface area (Å²) in [6.45, 7) is 3.75. The zero-order valence-corrected chi connectivity index (χ0v) is 14.7. The van der Waals surface area contributed by atoms with E-state index in [1.807, 2.05) is 13.8 Å². The van der Waals surface area contributed by atoms with E-state index in [9.17, 15) is 9.59 Å². The van der Waals surface area contributed by atoms with Crippen LogP contribution in [-0.4, -0.2) is 18.0 Å². The van der Waals surface area contributed by atoms with Crippen molar-refractivity contribution in [3.8, 4) is 0 Å². The molecule has 5 nitrogen and oxygen atoms in total. The lowest BCUT2D eigenvalue weighted by molar-refractivity contribution is 0.102. The minimum Gasteiger partial charge on any atom is -0.336 e. The molecule has 0 aliphatic heterocycles. The third-order valence-corrected chi connectivity index (χ3v) is 3.54. The average molecular weight is 366 g/mol. The van der Waals surface area contributed by atoms with E-state index >= 15 is 0 Å². The van der Waals surface area contributed by atoms with E-state index in [1.54, 1.807) is 36.4 Å². The molecule has 0 radical (unpaired) electrons. The number of hydrogen-bond acceptors (Lipinski definition) is 2. The van der Waals surface area contributed by atoms with Crippen molar-refractivity contribution in [2.24, 2.45) is 0 Å². The van der Waals surface area contributed by atoms with Crippen LogP contribution in [0.2, 0.25) is 10.0 Å². The summed E-state index contributed by atoms with van der Waals surface area (Å²) in [7, 11) is 0. The number of halogens is 2. The summed E-state index contributed by atoms with van der Waals surface area (Å²) in [5.74, 6) is -0.338. The highest BCUT2D eigenvalue weighted by Gasteiger charge is 2.11. The van der Waals surface area contributed by atoms with E-state index in [4.69, 9.17) is 23.2 Å². The Kier molecular flexibility index (Phi) is 6.06. The number of amides is 3. The monoisotopic (exact) mass is 365 g/mol. The molecule has 0 saturated carbocycles. The van der Waals surface area contributed by atoms with Gasteiger partial charge in [0.2, 0.25) is 0 Å². The molecule has 2 aromatic rings. The van der Waals surface area contributed by atoms with Gasteiger partial charge in [0.25, 0.3) is 5.91 Å². The van der Waals surface area contributed by atoms with Gasteiger partial charge in [-0.25, -0.2) is 4.79 Å². The van der Waals surface area contributed by atoms with Gasteiger partial charge in [0.15, 0.2) is 0 Å². The van der Waals surface area contributed by atoms with Crippen LogP contribution < -0.4 is 16.0 Å². The molecule has 7 heteroatoms. The number of carbonyl (C=O) groups is 2. The molecule has 0 spiro atoms. The Bertz CT molecular complexity index is 746. The van der Waals surface area contributed by atoms with E-state index < -0.39 is 0 Å². The highest BCUT2D eigenvalue weighted by atomic mass is 35.5. The molecule has 0 atom stereocenters. The van der Waals surface area contributed by atoms with Crippen molar-refractivity contribution in [1.29, 1.82) is 0 Å². The molecule has 24 heavy (non-hydrogen) atoms. The summed E-state index contributed by atoms with van der Waals surface area (Å²) in [6, 6.07) is 11.2. The topological polar surface area (TPSA) is 70.2 Å². The lowest BCUT2D eigenvalue weighted by atomic mass is 10.2. The van der Waals surface area contributed by atoms with Crippen molar-refractivity contribution < 1.29 is 9.59 Å². The van der Waals surface area contributed by atoms with Crippen molar-refractivity contribution in [1.82, 2.24) is 5.32 Å². The van der Waals surface area contributed by atoms with Gasteiger partial charge in [-0.05, 0) is 56.3 Å². The van der Waals surface area contributed by atoms with Crippen molar-refractivity contribution in [2.75, 3.05) is 10.6 Å². The fourth-order valence-corrected chi connectivity index (χ4v) is 2.43. The number of rotatable bonds is 4. The zero-order chi connectivity index (χ0) is 17.7. The standard InChI is InChI=1S/C17H17Cl2N3O2/c1-10(2)20-17(24)22-13-6-4-12(5-7-13)21-16(23)14-8-3-11(18)9-15(14)19/h3-10H,1-2H3,(H,21,23)(H2,20,22,24). The normalized spacial score (nSPS) is 10.4. The first-order chi connectivity index (χ1) is 11.3. The predicted molar refractivity (Wildman–Crippen MR) is 98.1 cm³/mol. The summed E-state index contributed by atoms with van der Waals surface area (Å²) in [5.41, 5.74) is 1.54. The van der Waals surface area contributed by atoms with Crippen LogP contribution in [0.3, 0.4) is 0 Å². The van der Waals surface area contributed by atoms with Crippen LogP contribution >= 0.6 is 23.2 Å². The first-order valence-electron chi connectivity index (χ1n) is 7.29. The summed E-state index contributed by atoms with van der Waals surface area (Å²) in [5, 5.41) is 8.91. The van der Waals surface area contributed by atoms with Gasteiger partial charge >= 0.3 is 6.03 Å². The molecule has 0 heterocycles. The van der Waals surface area contributed by atoms with Crippen LogP contribution in [-0.2, 0) is 0 Å². The predicted octanol–water partition coefficient (Wildman–Crippen LogP) is 4.78. The average Bonchev–Trinajstić information content (AvgIpc) is 2.48. The summed E-state index contributed by atoms with van der Waals surface area (Å²) in [6.07, 6.45) is 0. The number of nitrogens with one attached hydrogen (secondary N) is 3. The fourth-order valence-electron chi connectivity index (χ4n) is 1.94. The number of anilines is 2. The molecular weight excluding hydrogens is 349 g/mol. The lowest BCUT2D eigenvalue weighted by Crippen LogP contribution is -2.34. The Labute approximate surface area is 150 Å². The van der Waals surface area contributed by atoms with Gasteiger partial charge in [0.05, 0.1) is 10.6 Å². The molecule has 2 rings (SSSR count). The quantitative estimate of drug-likeness (QED) is 0.729. The number of hydrogen-bond donors (Lipinski definition) is 3. The Hall–Kier alpha value is -2.24. The van der Waals surface area contributed by atoms with Crippen LogP contribution in [0.25, 0.3) is 0 Å². The summed E-state index contributed by atoms with van der Waals surface area (Å²) >= 11 is 11.8. The molecule has 0 bridgehead atoms. The van der Waals surface area contributed by atoms with Crippen LogP contribution in [0, 0.1) is 0 Å². The molecule has 2 aromatic carbocycles. The van der Waals surface area contributed by atoms with Crippen LogP contribution in [0.5, 0.6) is 0 Å². The summed E-state index contributed by atoms with van der Waals surface area (Å²) < 4.78 is 0. The molecule has 0 aliphatic carbocycles. The van der Waals surface area contributed by atoms with E-state index in [1.165, 1.54) is 6.07 Å². The minimum atomic E-state index is -0.338. The Balaban J connectivity index is 2.01. The first-order valence-corrected chi connectivity index (χ1v) is 8.04. The van der Waals surface area contributed by atoms with Crippen molar-refractivity contribution >= 4 is 46.5 Å². The smallest absolute Gasteiger partial charge is 0.319 e. The Morgan fingerprint density at radius 2 is 1.50 bits per heavy atom. The van der Waals surface area contributed by atoms with Crippen molar-refractivity contribution in [2.45, 2.75) is 19.9 Å². The van der Waals surface area contributed by atoms with Crippen LogP contribution in [0.1, 0.15) is 24.2 Å². The zero-order valence-electron chi connectivity index (χ0n) is 13.2. The Morgan fingerprint density at radius 1 is 0.917 bits per heavy atom. The van der Waals surface area contributed by atoms with E-state index in [0.717, 1.165) is 0 Å². The second-order valence-electron chi connectivity index (χ2n) is 5.41. The van der Waals surface area contributed by atoms with Crippen LogP contribution in [0.15, 0.2) is 42.5 Å². The molecule has 0 unspecified atom stereocenters. The molecule has 126 valence electrons. The lowest BCUT2D eigenvalue weighted by Gasteiger charge is -2.11. The fraction of sp³-hybridized carbons (Fsp3) is 0.176. The molecule has 0 saturated heterocycles. The molecule has 0 aliphatic rings. The minimum absolute atomic E-state index is 0.0488. The highest BCUT2D eigenvalue weighted by Crippen LogP contribution is 2.22. The SMILES string of the molecule is CC(C)NC(=O)Nc1ccc(NC(=O)c2ccc(Cl)cc2Cl)cc1. The van der Waals surface area contributed by atoms with Gasteiger partial charge in [-0.3, -0.25) is 4.79 Å². The van der Waals surface area contributed by atoms with Crippen molar-refractivity contribution in [3.05, 3.63) is 58.1 Å². The van der Waals surface area contributed by atoms with Gasteiger partial charge in [0, 0.05) is 22.4 Å². The van der Waals surface area contributed by atoms with E-state index in [0.29, 0.717) is 22.0 Å². The van der Waals surface area contributed by atoms with Gasteiger partial charge in [-0.2, -0.15) is 0 Å². The highest BCUT2D eigenvalue weighted by molar-refractivity contribution is 6.37. The number of carbonyl (C=O) groups excluding carboxylic acids is 2. The molecule has 3 amide bonds. The summed E-state index contributed by atoms with van der Waals surface area (Å²) in [4.78, 5) is 23.8. The first kappa shape index (κ1) is 18.1. The van der Waals surface area contributed by atoms with Crippen molar-refractivity contribution in [3.63, 3.8) is 0 Å². The van der Waals surface area contributed by atoms with E-state index in [-0.39, 0.29) is 23.0 Å². The largest absolute Gasteiger partial charge is 0.336 e. The third-order valence-electron chi connectivity index (χ3n) is 3.00.